The van der Waals surface area contributed by atoms with Gasteiger partial charge in [-0.2, -0.15) is 0 Å². The predicted octanol–water partition coefficient (Wildman–Crippen LogP) is 0.373. The fraction of sp³-hybridized carbons (Fsp3) is 0.632. The monoisotopic (exact) mass is 395 g/mol. The molecule has 27 heavy (non-hydrogen) atoms. The maximum Gasteiger partial charge on any atom is 0.223 e. The second-order valence-electron chi connectivity index (χ2n) is 7.07. The van der Waals surface area contributed by atoms with E-state index >= 15 is 0 Å². The SMILES string of the molecule is O=C(CCS(=O)(=O)c1ccccc1)N(CCN1CCOCC1)C1CCNC1. The number of morpholine rings is 1. The predicted molar refractivity (Wildman–Crippen MR) is 103 cm³/mol. The fourth-order valence-electron chi connectivity index (χ4n) is 3.60. The normalized spacial score (nSPS) is 21.3. The summed E-state index contributed by atoms with van der Waals surface area (Å²) in [5.41, 5.74) is 0. The molecule has 2 heterocycles. The van der Waals surface area contributed by atoms with E-state index in [0.29, 0.717) is 6.54 Å². The summed E-state index contributed by atoms with van der Waals surface area (Å²) in [5.74, 6) is -0.221. The Morgan fingerprint density at radius 2 is 1.96 bits per heavy atom. The zero-order valence-corrected chi connectivity index (χ0v) is 16.5. The van der Waals surface area contributed by atoms with E-state index in [0.717, 1.165) is 52.4 Å². The first-order valence-electron chi connectivity index (χ1n) is 9.64. The molecule has 2 saturated heterocycles. The Balaban J connectivity index is 1.58. The largest absolute Gasteiger partial charge is 0.379 e. The van der Waals surface area contributed by atoms with Crippen molar-refractivity contribution in [3.05, 3.63) is 30.3 Å². The fourth-order valence-corrected chi connectivity index (χ4v) is 4.85. The van der Waals surface area contributed by atoms with E-state index in [-0.39, 0.29) is 29.0 Å². The summed E-state index contributed by atoms with van der Waals surface area (Å²) in [6, 6.07) is 8.50. The van der Waals surface area contributed by atoms with Crippen molar-refractivity contribution in [1.82, 2.24) is 15.1 Å². The number of hydrogen-bond donors (Lipinski definition) is 1. The number of ether oxygens (including phenoxy) is 1. The van der Waals surface area contributed by atoms with Crippen LogP contribution in [0.4, 0.5) is 0 Å². The van der Waals surface area contributed by atoms with Crippen LogP contribution >= 0.6 is 0 Å². The first kappa shape index (κ1) is 20.3. The summed E-state index contributed by atoms with van der Waals surface area (Å²) in [6.45, 7) is 6.34. The van der Waals surface area contributed by atoms with Gasteiger partial charge in [-0.15, -0.1) is 0 Å². The average molecular weight is 396 g/mol. The molecule has 1 aromatic rings. The summed E-state index contributed by atoms with van der Waals surface area (Å²) in [4.78, 5) is 17.3. The number of nitrogens with one attached hydrogen (secondary N) is 1. The first-order chi connectivity index (χ1) is 13.1. The standard InChI is InChI=1S/C19H29N3O4S/c23-19(7-15-27(24,25)18-4-2-1-3-5-18)22(17-6-8-20-16-17)10-9-21-11-13-26-14-12-21/h1-5,17,20H,6-16H2. The minimum Gasteiger partial charge on any atom is -0.379 e. The maximum absolute atomic E-state index is 12.9. The topological polar surface area (TPSA) is 79.0 Å². The van der Waals surface area contributed by atoms with Crippen LogP contribution in [0.5, 0.6) is 0 Å². The quantitative estimate of drug-likeness (QED) is 0.685. The Labute approximate surface area is 161 Å². The molecule has 3 rings (SSSR count). The number of benzene rings is 1. The molecule has 0 aromatic heterocycles. The minimum atomic E-state index is -3.44. The third kappa shape index (κ3) is 5.75. The van der Waals surface area contributed by atoms with Gasteiger partial charge in [0.2, 0.25) is 5.91 Å². The number of amides is 1. The van der Waals surface area contributed by atoms with Crippen LogP contribution in [0.3, 0.4) is 0 Å². The number of sulfone groups is 1. The van der Waals surface area contributed by atoms with E-state index in [1.54, 1.807) is 30.3 Å². The van der Waals surface area contributed by atoms with Crippen LogP contribution in [0.2, 0.25) is 0 Å². The van der Waals surface area contributed by atoms with Crippen LogP contribution in [-0.4, -0.2) is 88.4 Å². The molecule has 0 aliphatic carbocycles. The van der Waals surface area contributed by atoms with Crippen LogP contribution in [0, 0.1) is 0 Å². The molecule has 0 saturated carbocycles. The lowest BCUT2D eigenvalue weighted by atomic mass is 10.2. The van der Waals surface area contributed by atoms with E-state index in [2.05, 4.69) is 10.2 Å². The van der Waals surface area contributed by atoms with E-state index in [4.69, 9.17) is 4.74 Å². The van der Waals surface area contributed by atoms with Crippen molar-refractivity contribution in [3.63, 3.8) is 0 Å². The molecule has 150 valence electrons. The van der Waals surface area contributed by atoms with E-state index in [9.17, 15) is 13.2 Å². The molecule has 1 amide bonds. The van der Waals surface area contributed by atoms with Gasteiger partial charge in [-0.05, 0) is 25.1 Å². The van der Waals surface area contributed by atoms with Crippen molar-refractivity contribution < 1.29 is 17.9 Å². The second kappa shape index (κ2) is 9.64. The maximum atomic E-state index is 12.9. The lowest BCUT2D eigenvalue weighted by molar-refractivity contribution is -0.133. The Morgan fingerprint density at radius 1 is 1.22 bits per heavy atom. The highest BCUT2D eigenvalue weighted by Crippen LogP contribution is 2.15. The first-order valence-corrected chi connectivity index (χ1v) is 11.3. The second-order valence-corrected chi connectivity index (χ2v) is 9.18. The van der Waals surface area contributed by atoms with Gasteiger partial charge in [-0.25, -0.2) is 8.42 Å². The molecule has 1 atom stereocenters. The highest BCUT2D eigenvalue weighted by molar-refractivity contribution is 7.91. The molecule has 2 fully saturated rings. The summed E-state index contributed by atoms with van der Waals surface area (Å²) in [5, 5.41) is 3.30. The van der Waals surface area contributed by atoms with Gasteiger partial charge in [0.25, 0.3) is 0 Å². The zero-order valence-electron chi connectivity index (χ0n) is 15.7. The highest BCUT2D eigenvalue weighted by Gasteiger charge is 2.28. The average Bonchev–Trinajstić information content (AvgIpc) is 3.23. The van der Waals surface area contributed by atoms with Crippen molar-refractivity contribution in [2.24, 2.45) is 0 Å². The summed E-state index contributed by atoms with van der Waals surface area (Å²) < 4.78 is 30.3. The number of carbonyl (C=O) groups excluding carboxylic acids is 1. The molecule has 8 heteroatoms. The van der Waals surface area contributed by atoms with Gasteiger partial charge >= 0.3 is 0 Å². The molecular formula is C19H29N3O4S. The van der Waals surface area contributed by atoms with Crippen molar-refractivity contribution in [3.8, 4) is 0 Å². The summed E-state index contributed by atoms with van der Waals surface area (Å²) >= 11 is 0. The van der Waals surface area contributed by atoms with Crippen LogP contribution in [0.1, 0.15) is 12.8 Å². The molecule has 1 N–H and O–H groups in total. The summed E-state index contributed by atoms with van der Waals surface area (Å²) in [6.07, 6.45) is 0.942. The van der Waals surface area contributed by atoms with Crippen molar-refractivity contribution in [2.45, 2.75) is 23.8 Å². The van der Waals surface area contributed by atoms with Gasteiger partial charge in [-0.1, -0.05) is 18.2 Å². The van der Waals surface area contributed by atoms with Crippen LogP contribution in [0.15, 0.2) is 35.2 Å². The van der Waals surface area contributed by atoms with Crippen LogP contribution in [0.25, 0.3) is 0 Å². The number of nitrogens with zero attached hydrogens (tertiary/aromatic N) is 2. The van der Waals surface area contributed by atoms with Crippen molar-refractivity contribution in [1.29, 1.82) is 0 Å². The van der Waals surface area contributed by atoms with Crippen LogP contribution < -0.4 is 5.32 Å². The highest BCUT2D eigenvalue weighted by atomic mass is 32.2. The molecule has 1 unspecified atom stereocenters. The Kier molecular flexibility index (Phi) is 7.23. The van der Waals surface area contributed by atoms with E-state index in [1.807, 2.05) is 4.90 Å². The van der Waals surface area contributed by atoms with Crippen molar-refractivity contribution >= 4 is 15.7 Å². The molecule has 0 spiro atoms. The van der Waals surface area contributed by atoms with Gasteiger partial charge in [-0.3, -0.25) is 9.69 Å². The molecule has 7 nitrogen and oxygen atoms in total. The molecular weight excluding hydrogens is 366 g/mol. The Hall–Kier alpha value is -1.48. The third-order valence-corrected chi connectivity index (χ3v) is 6.98. The summed E-state index contributed by atoms with van der Waals surface area (Å²) in [7, 11) is -3.44. The zero-order chi connectivity index (χ0) is 19.1. The van der Waals surface area contributed by atoms with E-state index < -0.39 is 9.84 Å². The minimum absolute atomic E-state index is 0.0246. The Bertz CT molecular complexity index is 699. The third-order valence-electron chi connectivity index (χ3n) is 5.24. The van der Waals surface area contributed by atoms with E-state index in [1.165, 1.54) is 0 Å². The van der Waals surface area contributed by atoms with Gasteiger partial charge in [0, 0.05) is 45.2 Å². The molecule has 0 radical (unpaired) electrons. The molecule has 0 bridgehead atoms. The molecule has 1 aromatic carbocycles. The van der Waals surface area contributed by atoms with Gasteiger partial charge in [0.15, 0.2) is 9.84 Å². The van der Waals surface area contributed by atoms with Gasteiger partial charge < -0.3 is 15.0 Å². The molecule has 2 aliphatic heterocycles. The number of hydrogen-bond acceptors (Lipinski definition) is 6. The van der Waals surface area contributed by atoms with Crippen LogP contribution in [-0.2, 0) is 19.4 Å². The number of carbonyl (C=O) groups is 1. The van der Waals surface area contributed by atoms with Gasteiger partial charge in [0.1, 0.15) is 0 Å². The Morgan fingerprint density at radius 3 is 2.63 bits per heavy atom. The lowest BCUT2D eigenvalue weighted by Crippen LogP contribution is -2.47. The number of rotatable bonds is 8. The van der Waals surface area contributed by atoms with Crippen molar-refractivity contribution in [2.75, 3.05) is 58.2 Å². The molecule has 2 aliphatic rings. The van der Waals surface area contributed by atoms with Gasteiger partial charge in [0.05, 0.1) is 23.9 Å². The lowest BCUT2D eigenvalue weighted by Gasteiger charge is -2.33. The smallest absolute Gasteiger partial charge is 0.223 e.